The lowest BCUT2D eigenvalue weighted by Gasteiger charge is -2.11. The number of ether oxygens (including phenoxy) is 4. The molecule has 3 aromatic rings. The number of carbonyl (C=O) groups excluding carboxylic acids is 2. The number of hydrogen-bond donors (Lipinski definition) is 1. The molecule has 0 aromatic heterocycles. The number of methoxy groups -OCH3 is 2. The van der Waals surface area contributed by atoms with E-state index in [2.05, 4.69) is 26.5 Å². The summed E-state index contributed by atoms with van der Waals surface area (Å²) in [5.41, 5.74) is 3.58. The Morgan fingerprint density at radius 3 is 2.41 bits per heavy atom. The molecule has 34 heavy (non-hydrogen) atoms. The maximum absolute atomic E-state index is 12.7. The van der Waals surface area contributed by atoms with E-state index in [1.807, 2.05) is 6.92 Å². The second-order valence-electron chi connectivity index (χ2n) is 6.77. The number of rotatable bonds is 9. The summed E-state index contributed by atoms with van der Waals surface area (Å²) in [6.07, 6.45) is 1.39. The quantitative estimate of drug-likeness (QED) is 0.185. The van der Waals surface area contributed by atoms with Crippen molar-refractivity contribution in [2.24, 2.45) is 5.10 Å². The Morgan fingerprint density at radius 2 is 1.68 bits per heavy atom. The van der Waals surface area contributed by atoms with Crippen LogP contribution < -0.4 is 24.4 Å². The van der Waals surface area contributed by atoms with Crippen LogP contribution in [-0.4, -0.2) is 38.9 Å². The van der Waals surface area contributed by atoms with Gasteiger partial charge < -0.3 is 18.9 Å². The van der Waals surface area contributed by atoms with Gasteiger partial charge in [-0.25, -0.2) is 10.2 Å². The summed E-state index contributed by atoms with van der Waals surface area (Å²) in [4.78, 5) is 25.3. The van der Waals surface area contributed by atoms with Crippen LogP contribution in [0.3, 0.4) is 0 Å². The van der Waals surface area contributed by atoms with Crippen LogP contribution in [-0.2, 0) is 0 Å². The lowest BCUT2D eigenvalue weighted by atomic mass is 10.2. The highest BCUT2D eigenvalue weighted by molar-refractivity contribution is 9.10. The van der Waals surface area contributed by atoms with Crippen molar-refractivity contribution < 1.29 is 28.5 Å². The number of hydrogen-bond acceptors (Lipinski definition) is 7. The second-order valence-corrected chi connectivity index (χ2v) is 7.69. The molecule has 0 aliphatic carbocycles. The van der Waals surface area contributed by atoms with Gasteiger partial charge in [-0.3, -0.25) is 4.79 Å². The molecule has 3 rings (SSSR count). The zero-order valence-electron chi connectivity index (χ0n) is 18.8. The summed E-state index contributed by atoms with van der Waals surface area (Å²) in [6.45, 7) is 2.27. The van der Waals surface area contributed by atoms with Gasteiger partial charge in [0.05, 0.1) is 38.2 Å². The van der Waals surface area contributed by atoms with Crippen molar-refractivity contribution in [3.05, 3.63) is 81.8 Å². The summed E-state index contributed by atoms with van der Waals surface area (Å²) in [7, 11) is 2.99. The van der Waals surface area contributed by atoms with Gasteiger partial charge in [-0.05, 0) is 55.5 Å². The largest absolute Gasteiger partial charge is 0.493 e. The van der Waals surface area contributed by atoms with Crippen molar-refractivity contribution in [3.8, 4) is 23.0 Å². The molecule has 0 unspecified atom stereocenters. The average Bonchev–Trinajstić information content (AvgIpc) is 2.85. The Bertz CT molecular complexity index is 1210. The van der Waals surface area contributed by atoms with Crippen LogP contribution in [0, 0.1) is 0 Å². The first-order valence-electron chi connectivity index (χ1n) is 10.3. The highest BCUT2D eigenvalue weighted by atomic mass is 79.9. The van der Waals surface area contributed by atoms with Crippen LogP contribution >= 0.6 is 15.9 Å². The Hall–Kier alpha value is -3.85. The third-order valence-corrected chi connectivity index (χ3v) is 5.09. The fourth-order valence-corrected chi connectivity index (χ4v) is 3.37. The fraction of sp³-hybridized carbons (Fsp3) is 0.160. The number of para-hydroxylation sites is 1. The number of benzene rings is 3. The second kappa shape index (κ2) is 11.9. The summed E-state index contributed by atoms with van der Waals surface area (Å²) < 4.78 is 22.2. The predicted molar refractivity (Wildman–Crippen MR) is 131 cm³/mol. The average molecular weight is 527 g/mol. The molecule has 0 atom stereocenters. The maximum atomic E-state index is 12.7. The van der Waals surface area contributed by atoms with Gasteiger partial charge in [-0.15, -0.1) is 0 Å². The van der Waals surface area contributed by atoms with Crippen molar-refractivity contribution in [3.63, 3.8) is 0 Å². The standard InChI is InChI=1S/C25H23BrN2O6/c1-4-33-21-8-6-5-7-19(21)24(29)28-27-15-17-13-18(26)10-12-20(17)34-25(30)16-9-11-22(31-2)23(14-16)32-3/h5-15H,4H2,1-3H3,(H,28,29)/b27-15+. The number of nitrogens with one attached hydrogen (secondary N) is 1. The smallest absolute Gasteiger partial charge is 0.343 e. The van der Waals surface area contributed by atoms with Gasteiger partial charge in [0.2, 0.25) is 0 Å². The van der Waals surface area contributed by atoms with Crippen molar-refractivity contribution in [1.82, 2.24) is 5.43 Å². The van der Waals surface area contributed by atoms with Crippen molar-refractivity contribution >= 4 is 34.0 Å². The summed E-state index contributed by atoms with van der Waals surface area (Å²) in [5.74, 6) is 0.605. The molecule has 0 heterocycles. The monoisotopic (exact) mass is 526 g/mol. The van der Waals surface area contributed by atoms with Gasteiger partial charge in [0, 0.05) is 10.0 Å². The summed E-state index contributed by atoms with van der Waals surface area (Å²) in [6, 6.07) is 16.7. The molecule has 8 nitrogen and oxygen atoms in total. The topological polar surface area (TPSA) is 95.5 Å². The van der Waals surface area contributed by atoms with E-state index >= 15 is 0 Å². The van der Waals surface area contributed by atoms with Gasteiger partial charge in [0.25, 0.3) is 5.91 Å². The Morgan fingerprint density at radius 1 is 0.941 bits per heavy atom. The number of hydrazone groups is 1. The van der Waals surface area contributed by atoms with Crippen LogP contribution in [0.25, 0.3) is 0 Å². The first kappa shape index (κ1) is 24.8. The van der Waals surface area contributed by atoms with Gasteiger partial charge in [0.1, 0.15) is 11.5 Å². The molecule has 1 N–H and O–H groups in total. The Kier molecular flexibility index (Phi) is 8.64. The van der Waals surface area contributed by atoms with Crippen molar-refractivity contribution in [2.45, 2.75) is 6.92 Å². The van der Waals surface area contributed by atoms with Crippen molar-refractivity contribution in [1.29, 1.82) is 0 Å². The fourth-order valence-electron chi connectivity index (χ4n) is 2.99. The molecule has 0 aliphatic heterocycles. The minimum Gasteiger partial charge on any atom is -0.493 e. The maximum Gasteiger partial charge on any atom is 0.343 e. The summed E-state index contributed by atoms with van der Waals surface area (Å²) in [5, 5.41) is 4.02. The lowest BCUT2D eigenvalue weighted by molar-refractivity contribution is 0.0733. The molecule has 0 saturated carbocycles. The van der Waals surface area contributed by atoms with Gasteiger partial charge >= 0.3 is 5.97 Å². The van der Waals surface area contributed by atoms with Gasteiger partial charge in [0.15, 0.2) is 11.5 Å². The Balaban J connectivity index is 1.77. The van der Waals surface area contributed by atoms with E-state index in [1.54, 1.807) is 54.6 Å². The molecule has 0 spiro atoms. The lowest BCUT2D eigenvalue weighted by Crippen LogP contribution is -2.19. The van der Waals surface area contributed by atoms with Gasteiger partial charge in [-0.1, -0.05) is 28.1 Å². The minimum atomic E-state index is -0.590. The van der Waals surface area contributed by atoms with E-state index in [1.165, 1.54) is 26.5 Å². The van der Waals surface area contributed by atoms with Crippen molar-refractivity contribution in [2.75, 3.05) is 20.8 Å². The molecule has 0 aliphatic rings. The van der Waals surface area contributed by atoms with E-state index < -0.39 is 11.9 Å². The zero-order chi connectivity index (χ0) is 24.5. The number of esters is 1. The molecule has 9 heteroatoms. The molecule has 1 amide bonds. The van der Waals surface area contributed by atoms with Crippen LogP contribution in [0.5, 0.6) is 23.0 Å². The highest BCUT2D eigenvalue weighted by Gasteiger charge is 2.15. The van der Waals surface area contributed by atoms with Gasteiger partial charge in [-0.2, -0.15) is 5.10 Å². The minimum absolute atomic E-state index is 0.260. The first-order chi connectivity index (χ1) is 16.5. The van der Waals surface area contributed by atoms with Crippen LogP contribution in [0.1, 0.15) is 33.2 Å². The third kappa shape index (κ3) is 6.14. The highest BCUT2D eigenvalue weighted by Crippen LogP contribution is 2.29. The molecule has 3 aromatic carbocycles. The predicted octanol–water partition coefficient (Wildman–Crippen LogP) is 4.85. The molecular formula is C25H23BrN2O6. The number of halogens is 1. The molecule has 0 radical (unpaired) electrons. The van der Waals surface area contributed by atoms with E-state index in [0.29, 0.717) is 35.0 Å². The number of carbonyl (C=O) groups is 2. The normalized spacial score (nSPS) is 10.6. The van der Waals surface area contributed by atoms with E-state index in [4.69, 9.17) is 18.9 Å². The van der Waals surface area contributed by atoms with Crippen LogP contribution in [0.15, 0.2) is 70.2 Å². The Labute approximate surface area is 205 Å². The molecule has 176 valence electrons. The zero-order valence-corrected chi connectivity index (χ0v) is 20.4. The number of nitrogens with zero attached hydrogens (tertiary/aromatic N) is 1. The third-order valence-electron chi connectivity index (χ3n) is 4.59. The van der Waals surface area contributed by atoms with E-state index in [-0.39, 0.29) is 11.3 Å². The number of amides is 1. The first-order valence-corrected chi connectivity index (χ1v) is 11.0. The van der Waals surface area contributed by atoms with E-state index in [0.717, 1.165) is 4.47 Å². The molecular weight excluding hydrogens is 504 g/mol. The van der Waals surface area contributed by atoms with Crippen LogP contribution in [0.4, 0.5) is 0 Å². The molecule has 0 saturated heterocycles. The molecule has 0 fully saturated rings. The van der Waals surface area contributed by atoms with E-state index in [9.17, 15) is 9.59 Å². The van der Waals surface area contributed by atoms with Crippen LogP contribution in [0.2, 0.25) is 0 Å². The summed E-state index contributed by atoms with van der Waals surface area (Å²) >= 11 is 3.39. The molecule has 0 bridgehead atoms. The SMILES string of the molecule is CCOc1ccccc1C(=O)N/N=C/c1cc(Br)ccc1OC(=O)c1ccc(OC)c(OC)c1.